The number of H-pyrrole nitrogens is 1. The lowest BCUT2D eigenvalue weighted by Gasteiger charge is -2.07. The topological polar surface area (TPSA) is 76.1 Å². The molecule has 2 aromatic rings. The summed E-state index contributed by atoms with van der Waals surface area (Å²) in [6.45, 7) is 0.168. The number of aromatic amines is 1. The van der Waals surface area contributed by atoms with E-state index in [1.807, 2.05) is 0 Å². The second-order valence-electron chi connectivity index (χ2n) is 3.56. The maximum Gasteiger partial charge on any atom is 0.330 e. The summed E-state index contributed by atoms with van der Waals surface area (Å²) < 4.78 is 6.20. The largest absolute Gasteiger partial charge is 0.495 e. The number of fused-ring (bicyclic) bond motifs is 1. The fraction of sp³-hybridized carbons (Fsp3) is 0.273. The predicted molar refractivity (Wildman–Crippen MR) is 64.4 cm³/mol. The first-order valence-electron chi connectivity index (χ1n) is 5.13. The van der Waals surface area contributed by atoms with Gasteiger partial charge in [-0.1, -0.05) is 6.07 Å². The highest BCUT2D eigenvalue weighted by atomic mass is 16.5. The highest BCUT2D eigenvalue weighted by Gasteiger charge is 2.09. The fourth-order valence-corrected chi connectivity index (χ4v) is 1.72. The molecule has 90 valence electrons. The van der Waals surface area contributed by atoms with Crippen molar-refractivity contribution >= 4 is 10.9 Å². The minimum Gasteiger partial charge on any atom is -0.495 e. The third-order valence-electron chi connectivity index (χ3n) is 2.52. The van der Waals surface area contributed by atoms with Gasteiger partial charge in [-0.2, -0.15) is 0 Å². The van der Waals surface area contributed by atoms with Crippen molar-refractivity contribution in [3.63, 3.8) is 0 Å². The van der Waals surface area contributed by atoms with Gasteiger partial charge in [-0.15, -0.1) is 0 Å². The van der Waals surface area contributed by atoms with Crippen molar-refractivity contribution in [3.8, 4) is 5.75 Å². The minimum absolute atomic E-state index is 0.168. The summed E-state index contributed by atoms with van der Waals surface area (Å²) in [4.78, 5) is 26.4. The van der Waals surface area contributed by atoms with Gasteiger partial charge in [-0.3, -0.25) is 4.79 Å². The third kappa shape index (κ3) is 1.83. The molecule has 1 heterocycles. The number of rotatable bonds is 3. The molecule has 0 radical (unpaired) electrons. The van der Waals surface area contributed by atoms with Crippen molar-refractivity contribution in [2.75, 3.05) is 14.2 Å². The first kappa shape index (κ1) is 11.4. The average Bonchev–Trinajstić information content (AvgIpc) is 2.34. The monoisotopic (exact) mass is 235 g/mol. The number of para-hydroxylation sites is 1. The van der Waals surface area contributed by atoms with Gasteiger partial charge in [0.05, 0.1) is 24.7 Å². The maximum absolute atomic E-state index is 12.1. The minimum atomic E-state index is -0.457. The number of methoxy groups -OCH3 is 1. The first-order valence-corrected chi connectivity index (χ1v) is 5.13. The zero-order valence-corrected chi connectivity index (χ0v) is 9.61. The Kier molecular flexibility index (Phi) is 2.97. The second-order valence-corrected chi connectivity index (χ2v) is 3.56. The smallest absolute Gasteiger partial charge is 0.330 e. The van der Waals surface area contributed by atoms with E-state index in [1.54, 1.807) is 25.2 Å². The summed E-state index contributed by atoms with van der Waals surface area (Å²) in [6.07, 6.45) is 0. The van der Waals surface area contributed by atoms with Crippen LogP contribution in [0.5, 0.6) is 5.75 Å². The molecule has 0 fully saturated rings. The first-order chi connectivity index (χ1) is 8.19. The van der Waals surface area contributed by atoms with Gasteiger partial charge in [0.15, 0.2) is 0 Å². The fourth-order valence-electron chi connectivity index (χ4n) is 1.72. The Morgan fingerprint density at radius 2 is 2.18 bits per heavy atom. The number of aromatic nitrogens is 2. The molecule has 1 aromatic carbocycles. The van der Waals surface area contributed by atoms with Crippen LogP contribution in [0.3, 0.4) is 0 Å². The van der Waals surface area contributed by atoms with Crippen LogP contribution in [0.1, 0.15) is 0 Å². The van der Waals surface area contributed by atoms with E-state index in [-0.39, 0.29) is 12.2 Å². The highest BCUT2D eigenvalue weighted by Crippen LogP contribution is 2.19. The van der Waals surface area contributed by atoms with E-state index < -0.39 is 5.69 Å². The van der Waals surface area contributed by atoms with Crippen LogP contribution in [0.2, 0.25) is 0 Å². The number of ether oxygens (including phenoxy) is 1. The van der Waals surface area contributed by atoms with Gasteiger partial charge in [-0.05, 0) is 19.2 Å². The third-order valence-corrected chi connectivity index (χ3v) is 2.52. The Labute approximate surface area is 96.8 Å². The van der Waals surface area contributed by atoms with E-state index in [1.165, 1.54) is 7.11 Å². The summed E-state index contributed by atoms with van der Waals surface area (Å²) in [5.41, 5.74) is -0.365. The number of hydrogen-bond donors (Lipinski definition) is 2. The van der Waals surface area contributed by atoms with Crippen molar-refractivity contribution in [2.45, 2.75) is 6.67 Å². The van der Waals surface area contributed by atoms with Crippen LogP contribution in [0.4, 0.5) is 0 Å². The molecule has 17 heavy (non-hydrogen) atoms. The van der Waals surface area contributed by atoms with E-state index in [0.717, 1.165) is 4.57 Å². The molecule has 0 saturated carbocycles. The lowest BCUT2D eigenvalue weighted by Crippen LogP contribution is -2.38. The molecular weight excluding hydrogens is 222 g/mol. The van der Waals surface area contributed by atoms with Gasteiger partial charge in [0.25, 0.3) is 5.56 Å². The average molecular weight is 235 g/mol. The number of benzene rings is 1. The Bertz CT molecular complexity index is 657. The Morgan fingerprint density at radius 1 is 1.41 bits per heavy atom. The van der Waals surface area contributed by atoms with Crippen molar-refractivity contribution in [3.05, 3.63) is 39.0 Å². The molecular formula is C11H13N3O3. The van der Waals surface area contributed by atoms with Crippen LogP contribution < -0.4 is 21.3 Å². The van der Waals surface area contributed by atoms with Gasteiger partial charge in [-0.25, -0.2) is 9.36 Å². The van der Waals surface area contributed by atoms with Crippen LogP contribution in [-0.2, 0) is 6.67 Å². The van der Waals surface area contributed by atoms with Crippen molar-refractivity contribution in [1.29, 1.82) is 0 Å². The quantitative estimate of drug-likeness (QED) is 0.777. The molecule has 0 spiro atoms. The highest BCUT2D eigenvalue weighted by molar-refractivity contribution is 5.83. The predicted octanol–water partition coefficient (Wildman–Crippen LogP) is -0.125. The molecule has 0 bridgehead atoms. The standard InChI is InChI=1S/C11H13N3O3/c1-12-6-14-10(15)7-4-3-5-8(17-2)9(7)13-11(14)16/h3-5,12H,6H2,1-2H3,(H,13,16). The van der Waals surface area contributed by atoms with E-state index in [4.69, 9.17) is 4.74 Å². The summed E-state index contributed by atoms with van der Waals surface area (Å²) in [5.74, 6) is 0.480. The Balaban J connectivity index is 2.86. The molecule has 0 aliphatic heterocycles. The lowest BCUT2D eigenvalue weighted by atomic mass is 10.2. The molecule has 2 rings (SSSR count). The number of hydrogen-bond acceptors (Lipinski definition) is 4. The molecule has 0 aliphatic rings. The summed E-state index contributed by atoms with van der Waals surface area (Å²) in [7, 11) is 3.16. The zero-order chi connectivity index (χ0) is 12.4. The maximum atomic E-state index is 12.1. The Morgan fingerprint density at radius 3 is 2.82 bits per heavy atom. The molecule has 0 saturated heterocycles. The molecule has 2 N–H and O–H groups in total. The van der Waals surface area contributed by atoms with Gasteiger partial charge >= 0.3 is 5.69 Å². The van der Waals surface area contributed by atoms with Crippen molar-refractivity contribution in [2.24, 2.45) is 0 Å². The van der Waals surface area contributed by atoms with Crippen LogP contribution in [0, 0.1) is 0 Å². The Hall–Kier alpha value is -2.08. The molecule has 6 heteroatoms. The van der Waals surface area contributed by atoms with Gasteiger partial charge in [0, 0.05) is 0 Å². The molecule has 6 nitrogen and oxygen atoms in total. The SMILES string of the molecule is CNCn1c(=O)[nH]c2c(OC)cccc2c1=O. The molecule has 0 amide bonds. The van der Waals surface area contributed by atoms with Crippen molar-refractivity contribution < 1.29 is 4.74 Å². The van der Waals surface area contributed by atoms with Crippen LogP contribution >= 0.6 is 0 Å². The summed E-state index contributed by atoms with van der Waals surface area (Å²) in [6, 6.07) is 5.06. The zero-order valence-electron chi connectivity index (χ0n) is 9.61. The normalized spacial score (nSPS) is 10.7. The van der Waals surface area contributed by atoms with Crippen LogP contribution in [-0.4, -0.2) is 23.7 Å². The molecule has 0 unspecified atom stereocenters. The number of nitrogens with one attached hydrogen (secondary N) is 2. The van der Waals surface area contributed by atoms with Gasteiger partial charge in [0.1, 0.15) is 5.75 Å². The van der Waals surface area contributed by atoms with Crippen molar-refractivity contribution in [1.82, 2.24) is 14.9 Å². The molecule has 1 aromatic heterocycles. The van der Waals surface area contributed by atoms with Crippen LogP contribution in [0.25, 0.3) is 10.9 Å². The second kappa shape index (κ2) is 4.42. The molecule has 0 atom stereocenters. The molecule has 0 aliphatic carbocycles. The summed E-state index contributed by atoms with van der Waals surface area (Å²) >= 11 is 0. The van der Waals surface area contributed by atoms with E-state index in [0.29, 0.717) is 16.7 Å². The van der Waals surface area contributed by atoms with E-state index in [9.17, 15) is 9.59 Å². The lowest BCUT2D eigenvalue weighted by molar-refractivity contribution is 0.418. The van der Waals surface area contributed by atoms with E-state index in [2.05, 4.69) is 10.3 Å². The van der Waals surface area contributed by atoms with E-state index >= 15 is 0 Å². The number of nitrogens with zero attached hydrogens (tertiary/aromatic N) is 1. The van der Waals surface area contributed by atoms with Gasteiger partial charge in [0.2, 0.25) is 0 Å². The van der Waals surface area contributed by atoms with Crippen LogP contribution in [0.15, 0.2) is 27.8 Å². The van der Waals surface area contributed by atoms with Gasteiger partial charge < -0.3 is 15.0 Å². The summed E-state index contributed by atoms with van der Waals surface area (Å²) in [5, 5.41) is 3.20.